The SMILES string of the molecule is Cc1ccc(NC(=O)c2cccc(-c3c(F)cccc3F)c2)cc1C(=O)c1ccccc1. The van der Waals surface area contributed by atoms with E-state index in [2.05, 4.69) is 5.32 Å². The Kier molecular flexibility index (Phi) is 5.90. The minimum atomic E-state index is -0.704. The zero-order valence-corrected chi connectivity index (χ0v) is 17.2. The molecule has 0 heterocycles. The molecule has 1 N–H and O–H groups in total. The summed E-state index contributed by atoms with van der Waals surface area (Å²) in [4.78, 5) is 25.7. The van der Waals surface area contributed by atoms with Crippen molar-refractivity contribution in [1.82, 2.24) is 0 Å². The molecule has 0 aromatic heterocycles. The maximum atomic E-state index is 14.1. The van der Waals surface area contributed by atoms with Gasteiger partial charge in [-0.05, 0) is 54.4 Å². The lowest BCUT2D eigenvalue weighted by Crippen LogP contribution is -2.13. The predicted molar refractivity (Wildman–Crippen MR) is 121 cm³/mol. The van der Waals surface area contributed by atoms with E-state index in [1.165, 1.54) is 24.3 Å². The van der Waals surface area contributed by atoms with E-state index in [1.54, 1.807) is 60.7 Å². The zero-order valence-electron chi connectivity index (χ0n) is 17.2. The van der Waals surface area contributed by atoms with Gasteiger partial charge in [0, 0.05) is 22.4 Å². The molecule has 4 rings (SSSR count). The highest BCUT2D eigenvalue weighted by Gasteiger charge is 2.16. The summed E-state index contributed by atoms with van der Waals surface area (Å²) in [5.41, 5.74) is 2.58. The Morgan fingerprint density at radius 3 is 2.09 bits per heavy atom. The van der Waals surface area contributed by atoms with E-state index < -0.39 is 17.5 Å². The summed E-state index contributed by atoms with van der Waals surface area (Å²) in [5.74, 6) is -2.00. The second-order valence-electron chi connectivity index (χ2n) is 7.36. The lowest BCUT2D eigenvalue weighted by Gasteiger charge is -2.11. The van der Waals surface area contributed by atoms with Crippen LogP contribution >= 0.6 is 0 Å². The van der Waals surface area contributed by atoms with Gasteiger partial charge in [0.25, 0.3) is 5.91 Å². The molecule has 0 aliphatic rings. The molecule has 0 bridgehead atoms. The number of aryl methyl sites for hydroxylation is 1. The molecular formula is C27H19F2NO2. The molecule has 4 aromatic carbocycles. The molecule has 0 atom stereocenters. The van der Waals surface area contributed by atoms with Gasteiger partial charge in [-0.15, -0.1) is 0 Å². The molecule has 3 nitrogen and oxygen atoms in total. The van der Waals surface area contributed by atoms with Crippen LogP contribution in [0.4, 0.5) is 14.5 Å². The van der Waals surface area contributed by atoms with E-state index in [4.69, 9.17) is 0 Å². The van der Waals surface area contributed by atoms with Gasteiger partial charge in [0.1, 0.15) is 11.6 Å². The second-order valence-corrected chi connectivity index (χ2v) is 7.36. The number of anilines is 1. The Labute approximate surface area is 184 Å². The predicted octanol–water partition coefficient (Wildman–Crippen LogP) is 6.42. The minimum absolute atomic E-state index is 0.142. The van der Waals surface area contributed by atoms with E-state index >= 15 is 0 Å². The fourth-order valence-corrected chi connectivity index (χ4v) is 3.48. The van der Waals surface area contributed by atoms with Crippen molar-refractivity contribution in [2.75, 3.05) is 5.32 Å². The van der Waals surface area contributed by atoms with Gasteiger partial charge < -0.3 is 5.32 Å². The number of carbonyl (C=O) groups excluding carboxylic acids is 2. The van der Waals surface area contributed by atoms with Crippen molar-refractivity contribution in [3.8, 4) is 11.1 Å². The van der Waals surface area contributed by atoms with Crippen LogP contribution in [0.15, 0.2) is 91.0 Å². The smallest absolute Gasteiger partial charge is 0.255 e. The first-order valence-electron chi connectivity index (χ1n) is 10.0. The highest BCUT2D eigenvalue weighted by Crippen LogP contribution is 2.27. The molecule has 0 saturated heterocycles. The second kappa shape index (κ2) is 8.94. The third-order valence-corrected chi connectivity index (χ3v) is 5.15. The third kappa shape index (κ3) is 4.32. The van der Waals surface area contributed by atoms with Gasteiger partial charge in [-0.1, -0.05) is 54.6 Å². The fourth-order valence-electron chi connectivity index (χ4n) is 3.48. The Hall–Kier alpha value is -4.12. The fraction of sp³-hybridized carbons (Fsp3) is 0.0370. The summed E-state index contributed by atoms with van der Waals surface area (Å²) in [6.07, 6.45) is 0. The van der Waals surface area contributed by atoms with Gasteiger partial charge in [0.05, 0.1) is 5.56 Å². The minimum Gasteiger partial charge on any atom is -0.322 e. The van der Waals surface area contributed by atoms with Gasteiger partial charge in [-0.25, -0.2) is 8.78 Å². The maximum Gasteiger partial charge on any atom is 0.255 e. The molecule has 0 radical (unpaired) electrons. The molecule has 0 aliphatic heterocycles. The number of benzene rings is 4. The van der Waals surface area contributed by atoms with Crippen LogP contribution < -0.4 is 5.32 Å². The van der Waals surface area contributed by atoms with Crippen LogP contribution in [0.3, 0.4) is 0 Å². The Bertz CT molecular complexity index is 1300. The molecule has 1 amide bonds. The molecule has 158 valence electrons. The van der Waals surface area contributed by atoms with Crippen molar-refractivity contribution in [2.45, 2.75) is 6.92 Å². The number of halogens is 2. The summed E-state index contributed by atoms with van der Waals surface area (Å²) >= 11 is 0. The first-order chi connectivity index (χ1) is 15.4. The van der Waals surface area contributed by atoms with Crippen LogP contribution in [0.1, 0.15) is 31.8 Å². The van der Waals surface area contributed by atoms with E-state index in [0.29, 0.717) is 16.8 Å². The van der Waals surface area contributed by atoms with Gasteiger partial charge in [-0.2, -0.15) is 0 Å². The first kappa shape index (κ1) is 21.1. The van der Waals surface area contributed by atoms with E-state index in [0.717, 1.165) is 5.56 Å². The summed E-state index contributed by atoms with van der Waals surface area (Å²) in [6, 6.07) is 23.7. The van der Waals surface area contributed by atoms with Crippen molar-refractivity contribution in [2.24, 2.45) is 0 Å². The van der Waals surface area contributed by atoms with Gasteiger partial charge in [0.2, 0.25) is 0 Å². The van der Waals surface area contributed by atoms with Gasteiger partial charge in [-0.3, -0.25) is 9.59 Å². The topological polar surface area (TPSA) is 46.2 Å². The largest absolute Gasteiger partial charge is 0.322 e. The Balaban J connectivity index is 1.61. The number of ketones is 1. The number of nitrogens with one attached hydrogen (secondary N) is 1. The Morgan fingerprint density at radius 2 is 1.38 bits per heavy atom. The standard InChI is InChI=1S/C27H19F2NO2/c1-17-13-14-21(16-22(17)26(31)18-7-3-2-4-8-18)30-27(32)20-10-5-9-19(15-20)25-23(28)11-6-12-24(25)29/h2-16H,1H3,(H,30,32). The summed E-state index contributed by atoms with van der Waals surface area (Å²) < 4.78 is 28.3. The molecule has 0 unspecified atom stereocenters. The number of hydrogen-bond acceptors (Lipinski definition) is 2. The summed E-state index contributed by atoms with van der Waals surface area (Å²) in [6.45, 7) is 1.83. The van der Waals surface area contributed by atoms with E-state index in [-0.39, 0.29) is 22.5 Å². The quantitative estimate of drug-likeness (QED) is 0.374. The number of hydrogen-bond donors (Lipinski definition) is 1. The van der Waals surface area contributed by atoms with Crippen LogP contribution in [-0.4, -0.2) is 11.7 Å². The van der Waals surface area contributed by atoms with Crippen LogP contribution in [0.5, 0.6) is 0 Å². The molecule has 0 fully saturated rings. The molecule has 0 saturated carbocycles. The summed E-state index contributed by atoms with van der Waals surface area (Å²) in [7, 11) is 0. The molecule has 4 aromatic rings. The molecular weight excluding hydrogens is 408 g/mol. The van der Waals surface area contributed by atoms with Crippen LogP contribution in [0.25, 0.3) is 11.1 Å². The maximum absolute atomic E-state index is 14.1. The highest BCUT2D eigenvalue weighted by atomic mass is 19.1. The molecule has 5 heteroatoms. The third-order valence-electron chi connectivity index (χ3n) is 5.15. The van der Waals surface area contributed by atoms with Crippen molar-refractivity contribution in [3.05, 3.63) is 125 Å². The van der Waals surface area contributed by atoms with E-state index in [1.807, 2.05) is 13.0 Å². The normalized spacial score (nSPS) is 10.6. The van der Waals surface area contributed by atoms with Crippen LogP contribution in [0, 0.1) is 18.6 Å². The van der Waals surface area contributed by atoms with Crippen LogP contribution in [0.2, 0.25) is 0 Å². The van der Waals surface area contributed by atoms with Gasteiger partial charge >= 0.3 is 0 Å². The van der Waals surface area contributed by atoms with E-state index in [9.17, 15) is 18.4 Å². The number of amides is 1. The highest BCUT2D eigenvalue weighted by molar-refractivity contribution is 6.11. The molecule has 0 aliphatic carbocycles. The van der Waals surface area contributed by atoms with Crippen molar-refractivity contribution >= 4 is 17.4 Å². The van der Waals surface area contributed by atoms with Gasteiger partial charge in [0.15, 0.2) is 5.78 Å². The monoisotopic (exact) mass is 427 g/mol. The molecule has 32 heavy (non-hydrogen) atoms. The van der Waals surface area contributed by atoms with Crippen molar-refractivity contribution in [3.63, 3.8) is 0 Å². The number of carbonyl (C=O) groups is 2. The Morgan fingerprint density at radius 1 is 0.719 bits per heavy atom. The van der Waals surface area contributed by atoms with Crippen molar-refractivity contribution in [1.29, 1.82) is 0 Å². The number of rotatable bonds is 5. The van der Waals surface area contributed by atoms with Crippen molar-refractivity contribution < 1.29 is 18.4 Å². The zero-order chi connectivity index (χ0) is 22.7. The lowest BCUT2D eigenvalue weighted by molar-refractivity contribution is 0.102. The lowest BCUT2D eigenvalue weighted by atomic mass is 9.98. The summed E-state index contributed by atoms with van der Waals surface area (Å²) in [5, 5.41) is 2.76. The molecule has 0 spiro atoms. The average molecular weight is 427 g/mol. The average Bonchev–Trinajstić information content (AvgIpc) is 2.80. The van der Waals surface area contributed by atoms with Crippen LogP contribution in [-0.2, 0) is 0 Å². The first-order valence-corrected chi connectivity index (χ1v) is 10.0.